The van der Waals surface area contributed by atoms with Gasteiger partial charge in [-0.3, -0.25) is 4.79 Å². The summed E-state index contributed by atoms with van der Waals surface area (Å²) in [5.74, 6) is 0.0916. The molecule has 1 N–H and O–H groups in total. The van der Waals surface area contributed by atoms with Gasteiger partial charge >= 0.3 is 6.03 Å². The number of anilines is 1. The van der Waals surface area contributed by atoms with Crippen molar-refractivity contribution < 1.29 is 9.59 Å². The first-order valence-electron chi connectivity index (χ1n) is 11.3. The van der Waals surface area contributed by atoms with Gasteiger partial charge in [-0.15, -0.1) is 11.3 Å². The van der Waals surface area contributed by atoms with Crippen molar-refractivity contribution in [1.82, 2.24) is 9.80 Å². The zero-order valence-corrected chi connectivity index (χ0v) is 20.6. The van der Waals surface area contributed by atoms with Gasteiger partial charge in [0.1, 0.15) is 6.54 Å². The fourth-order valence-electron chi connectivity index (χ4n) is 3.53. The molecule has 0 radical (unpaired) electrons. The molecule has 0 spiro atoms. The molecule has 0 aliphatic rings. The maximum Gasteiger partial charge on any atom is 0.322 e. The van der Waals surface area contributed by atoms with Crippen LogP contribution in [0, 0.1) is 24.2 Å². The number of nitrogens with zero attached hydrogens (tertiary/aromatic N) is 3. The molecule has 176 valence electrons. The molecule has 0 bridgehead atoms. The minimum atomic E-state index is -0.335. The predicted octanol–water partition coefficient (Wildman–Crippen LogP) is 5.65. The fraction of sp³-hybridized carbons (Fsp3) is 0.296. The van der Waals surface area contributed by atoms with E-state index in [0.29, 0.717) is 30.9 Å². The van der Waals surface area contributed by atoms with Crippen LogP contribution >= 0.6 is 11.3 Å². The Kier molecular flexibility index (Phi) is 8.83. The number of urea groups is 1. The van der Waals surface area contributed by atoms with Crippen molar-refractivity contribution in [3.05, 3.63) is 87.6 Å². The Morgan fingerprint density at radius 3 is 2.29 bits per heavy atom. The van der Waals surface area contributed by atoms with E-state index in [-0.39, 0.29) is 24.4 Å². The average molecular weight is 475 g/mol. The normalized spacial score (nSPS) is 10.6. The highest BCUT2D eigenvalue weighted by Crippen LogP contribution is 2.20. The van der Waals surface area contributed by atoms with E-state index < -0.39 is 0 Å². The Morgan fingerprint density at radius 1 is 1.00 bits per heavy atom. The molecular weight excluding hydrogens is 444 g/mol. The third-order valence-corrected chi connectivity index (χ3v) is 6.34. The van der Waals surface area contributed by atoms with Crippen LogP contribution in [-0.4, -0.2) is 34.8 Å². The van der Waals surface area contributed by atoms with Crippen LogP contribution in [0.3, 0.4) is 0 Å². The standard InChI is InChI=1S/C27H30N4O2S/c1-20(2)16-31(27(33)29-24-11-9-22(15-28)10-12-24)19-26(32)30(17-23-7-5-4-6-8-23)18-25-21(3)13-14-34-25/h4-14,20H,16-19H2,1-3H3,(H,29,33). The summed E-state index contributed by atoms with van der Waals surface area (Å²) in [5.41, 5.74) is 3.31. The number of aryl methyl sites for hydroxylation is 1. The predicted molar refractivity (Wildman–Crippen MR) is 136 cm³/mol. The summed E-state index contributed by atoms with van der Waals surface area (Å²) in [6.45, 7) is 7.50. The zero-order chi connectivity index (χ0) is 24.5. The lowest BCUT2D eigenvalue weighted by Crippen LogP contribution is -2.45. The molecule has 3 aromatic rings. The number of rotatable bonds is 9. The van der Waals surface area contributed by atoms with Crippen LogP contribution in [0.1, 0.15) is 35.4 Å². The third kappa shape index (κ3) is 7.19. The van der Waals surface area contributed by atoms with Gasteiger partial charge in [-0.25, -0.2) is 4.79 Å². The second kappa shape index (κ2) is 12.0. The summed E-state index contributed by atoms with van der Waals surface area (Å²) >= 11 is 1.64. The molecule has 6 nitrogen and oxygen atoms in total. The quantitative estimate of drug-likeness (QED) is 0.436. The molecule has 0 saturated carbocycles. The van der Waals surface area contributed by atoms with Gasteiger partial charge in [0.25, 0.3) is 0 Å². The average Bonchev–Trinajstić information content (AvgIpc) is 3.23. The summed E-state index contributed by atoms with van der Waals surface area (Å²) in [7, 11) is 0. The molecule has 1 aromatic heterocycles. The van der Waals surface area contributed by atoms with Gasteiger partial charge in [0, 0.05) is 23.7 Å². The van der Waals surface area contributed by atoms with E-state index >= 15 is 0 Å². The van der Waals surface area contributed by atoms with E-state index in [1.807, 2.05) is 61.4 Å². The monoisotopic (exact) mass is 474 g/mol. The number of nitrogens with one attached hydrogen (secondary N) is 1. The van der Waals surface area contributed by atoms with E-state index in [0.717, 1.165) is 16.0 Å². The SMILES string of the molecule is Cc1ccsc1CN(Cc1ccccc1)C(=O)CN(CC(C)C)C(=O)Nc1ccc(C#N)cc1. The molecule has 2 aromatic carbocycles. The Bertz CT molecular complexity index is 1130. The highest BCUT2D eigenvalue weighted by atomic mass is 32.1. The van der Waals surface area contributed by atoms with Crippen LogP contribution in [0.25, 0.3) is 0 Å². The highest BCUT2D eigenvalue weighted by molar-refractivity contribution is 7.10. The Labute approximate surface area is 205 Å². The highest BCUT2D eigenvalue weighted by Gasteiger charge is 2.23. The lowest BCUT2D eigenvalue weighted by atomic mass is 10.2. The van der Waals surface area contributed by atoms with Crippen molar-refractivity contribution in [2.75, 3.05) is 18.4 Å². The Hall–Kier alpha value is -3.63. The molecule has 0 saturated heterocycles. The van der Waals surface area contributed by atoms with Gasteiger partial charge in [-0.1, -0.05) is 44.2 Å². The van der Waals surface area contributed by atoms with Crippen LogP contribution in [-0.2, 0) is 17.9 Å². The second-order valence-electron chi connectivity index (χ2n) is 8.66. The molecule has 3 rings (SSSR count). The lowest BCUT2D eigenvalue weighted by Gasteiger charge is -2.29. The summed E-state index contributed by atoms with van der Waals surface area (Å²) in [5, 5.41) is 13.9. The van der Waals surface area contributed by atoms with Crippen molar-refractivity contribution >= 4 is 29.0 Å². The number of amides is 3. The van der Waals surface area contributed by atoms with Crippen molar-refractivity contribution in [3.8, 4) is 6.07 Å². The molecule has 1 heterocycles. The van der Waals surface area contributed by atoms with Gasteiger partial charge in [-0.2, -0.15) is 5.26 Å². The molecule has 0 unspecified atom stereocenters. The summed E-state index contributed by atoms with van der Waals surface area (Å²) in [6, 6.07) is 20.4. The first kappa shape index (κ1) is 25.0. The molecule has 0 fully saturated rings. The Morgan fingerprint density at radius 2 is 1.71 bits per heavy atom. The van der Waals surface area contributed by atoms with Crippen molar-refractivity contribution in [3.63, 3.8) is 0 Å². The summed E-state index contributed by atoms with van der Waals surface area (Å²) in [6.07, 6.45) is 0. The van der Waals surface area contributed by atoms with Crippen molar-refractivity contribution in [1.29, 1.82) is 5.26 Å². The van der Waals surface area contributed by atoms with E-state index in [1.165, 1.54) is 0 Å². The van der Waals surface area contributed by atoms with Gasteiger partial charge < -0.3 is 15.1 Å². The van der Waals surface area contributed by atoms with Crippen LogP contribution in [0.5, 0.6) is 0 Å². The van der Waals surface area contributed by atoms with Gasteiger partial charge in [0.05, 0.1) is 18.2 Å². The Balaban J connectivity index is 1.76. The zero-order valence-electron chi connectivity index (χ0n) is 19.8. The van der Waals surface area contributed by atoms with E-state index in [4.69, 9.17) is 5.26 Å². The van der Waals surface area contributed by atoms with Crippen LogP contribution in [0.4, 0.5) is 10.5 Å². The van der Waals surface area contributed by atoms with Crippen molar-refractivity contribution in [2.24, 2.45) is 5.92 Å². The number of benzene rings is 2. The van der Waals surface area contributed by atoms with E-state index in [1.54, 1.807) is 40.5 Å². The molecule has 0 aliphatic carbocycles. The number of carbonyl (C=O) groups is 2. The number of hydrogen-bond acceptors (Lipinski definition) is 4. The van der Waals surface area contributed by atoms with Gasteiger partial charge in [-0.05, 0) is 59.7 Å². The summed E-state index contributed by atoms with van der Waals surface area (Å²) in [4.78, 5) is 31.1. The first-order chi connectivity index (χ1) is 16.4. The number of thiophene rings is 1. The topological polar surface area (TPSA) is 76.4 Å². The maximum atomic E-state index is 13.5. The number of hydrogen-bond donors (Lipinski definition) is 1. The van der Waals surface area contributed by atoms with Gasteiger partial charge in [0.2, 0.25) is 5.91 Å². The minimum absolute atomic E-state index is 0.0163. The first-order valence-corrected chi connectivity index (χ1v) is 12.1. The minimum Gasteiger partial charge on any atom is -0.332 e. The second-order valence-corrected chi connectivity index (χ2v) is 9.66. The molecule has 34 heavy (non-hydrogen) atoms. The lowest BCUT2D eigenvalue weighted by molar-refractivity contribution is -0.133. The van der Waals surface area contributed by atoms with E-state index in [9.17, 15) is 9.59 Å². The fourth-order valence-corrected chi connectivity index (χ4v) is 4.45. The molecule has 3 amide bonds. The van der Waals surface area contributed by atoms with Gasteiger partial charge in [0.15, 0.2) is 0 Å². The van der Waals surface area contributed by atoms with E-state index in [2.05, 4.69) is 17.5 Å². The maximum absolute atomic E-state index is 13.5. The molecular formula is C27H30N4O2S. The largest absolute Gasteiger partial charge is 0.332 e. The molecule has 7 heteroatoms. The van der Waals surface area contributed by atoms with Crippen molar-refractivity contribution in [2.45, 2.75) is 33.9 Å². The molecule has 0 atom stereocenters. The smallest absolute Gasteiger partial charge is 0.322 e. The van der Waals surface area contributed by atoms with Crippen LogP contribution < -0.4 is 5.32 Å². The number of nitriles is 1. The number of carbonyl (C=O) groups excluding carboxylic acids is 2. The van der Waals surface area contributed by atoms with Crippen LogP contribution in [0.2, 0.25) is 0 Å². The molecule has 0 aliphatic heterocycles. The summed E-state index contributed by atoms with van der Waals surface area (Å²) < 4.78 is 0. The third-order valence-electron chi connectivity index (χ3n) is 5.34. The van der Waals surface area contributed by atoms with Crippen LogP contribution in [0.15, 0.2) is 66.0 Å².